The molecule has 1 N–H and O–H groups in total. The van der Waals surface area contributed by atoms with Gasteiger partial charge in [-0.3, -0.25) is 0 Å². The molecule has 0 spiro atoms. The Balaban J connectivity index is 3.86. The van der Waals surface area contributed by atoms with Crippen molar-refractivity contribution in [2.75, 3.05) is 13.3 Å². The summed E-state index contributed by atoms with van der Waals surface area (Å²) in [6, 6.07) is 0. The summed E-state index contributed by atoms with van der Waals surface area (Å²) in [4.78, 5) is -0.922. The van der Waals surface area contributed by atoms with E-state index in [1.165, 1.54) is 0 Å². The first-order chi connectivity index (χ1) is 4.34. The monoisotopic (exact) mass is 332 g/mol. The second kappa shape index (κ2) is 4.19. The summed E-state index contributed by atoms with van der Waals surface area (Å²) in [6.45, 7) is 8.76. The summed E-state index contributed by atoms with van der Waals surface area (Å²) in [5.41, 5.74) is 0. The van der Waals surface area contributed by atoms with Crippen molar-refractivity contribution in [3.63, 3.8) is 0 Å². The molecule has 10 heavy (non-hydrogen) atoms. The quantitative estimate of drug-likeness (QED) is 0.785. The molecule has 0 aromatic carbocycles. The summed E-state index contributed by atoms with van der Waals surface area (Å²) in [7, 11) is 0. The summed E-state index contributed by atoms with van der Waals surface area (Å²) in [5, 5.41) is 9.63. The molecule has 0 aromatic rings. The predicted octanol–water partition coefficient (Wildman–Crippen LogP) is 2.09. The molecule has 0 heterocycles. The van der Waals surface area contributed by atoms with Gasteiger partial charge in [0.05, 0.1) is 0 Å². The number of hydrogen-bond donors (Lipinski definition) is 1. The zero-order valence-corrected chi connectivity index (χ0v) is 11.0. The van der Waals surface area contributed by atoms with E-state index in [2.05, 4.69) is 27.2 Å². The second-order valence-corrected chi connectivity index (χ2v) is 17.2. The van der Waals surface area contributed by atoms with Gasteiger partial charge in [0.2, 0.25) is 0 Å². The van der Waals surface area contributed by atoms with Crippen LogP contribution in [0.1, 0.15) is 20.3 Å². The molecule has 3 heteroatoms. The minimum absolute atomic E-state index is 0.0116. The Morgan fingerprint density at radius 2 is 1.80 bits per heavy atom. The molecule has 0 aromatic heterocycles. The average Bonchev–Trinajstić information content (AvgIpc) is 1.60. The van der Waals surface area contributed by atoms with Crippen molar-refractivity contribution in [3.8, 4) is 0 Å². The van der Waals surface area contributed by atoms with Crippen LogP contribution in [0.3, 0.4) is 0 Å². The topological polar surface area (TPSA) is 20.2 Å². The van der Waals surface area contributed by atoms with E-state index in [1.54, 1.807) is 18.8 Å². The molecule has 0 radical (unpaired) electrons. The van der Waals surface area contributed by atoms with Crippen LogP contribution < -0.4 is 0 Å². The van der Waals surface area contributed by atoms with Crippen LogP contribution in [0.25, 0.3) is 0 Å². The number of aliphatic hydroxyl groups excluding tert-OH is 1. The zero-order valence-electron chi connectivity index (χ0n) is 7.16. The molecule has 0 saturated heterocycles. The van der Waals surface area contributed by atoms with Gasteiger partial charge >= 0.3 is 74.2 Å². The summed E-state index contributed by atoms with van der Waals surface area (Å²) in [6.07, 6.45) is 0.976. The van der Waals surface area contributed by atoms with Crippen LogP contribution in [0, 0.1) is 5.92 Å². The van der Waals surface area contributed by atoms with Crippen molar-refractivity contribution in [1.29, 1.82) is 0 Å². The van der Waals surface area contributed by atoms with Gasteiger partial charge in [-0.2, -0.15) is 0 Å². The average molecular weight is 332 g/mol. The van der Waals surface area contributed by atoms with Gasteiger partial charge < -0.3 is 0 Å². The third-order valence-corrected chi connectivity index (χ3v) is 5.67. The van der Waals surface area contributed by atoms with E-state index in [-0.39, 0.29) is 5.85 Å². The van der Waals surface area contributed by atoms with E-state index in [0.29, 0.717) is 5.92 Å². The SMILES string of the molecule is CC(C)CC(O)[P](C)(C)=[W]. The molecule has 0 rings (SSSR count). The van der Waals surface area contributed by atoms with Crippen molar-refractivity contribution in [2.24, 2.45) is 5.92 Å². The molecule has 0 aliphatic rings. The Bertz CT molecular complexity index is 139. The Morgan fingerprint density at radius 1 is 1.40 bits per heavy atom. The van der Waals surface area contributed by atoms with Gasteiger partial charge in [-0.05, 0) is 0 Å². The number of rotatable bonds is 3. The molecule has 0 bridgehead atoms. The van der Waals surface area contributed by atoms with Crippen molar-refractivity contribution < 1.29 is 23.9 Å². The maximum atomic E-state index is 9.63. The fourth-order valence-corrected chi connectivity index (χ4v) is 2.53. The van der Waals surface area contributed by atoms with E-state index >= 15 is 0 Å². The molecular weight excluding hydrogens is 315 g/mol. The molecule has 1 atom stereocenters. The van der Waals surface area contributed by atoms with Crippen molar-refractivity contribution in [3.05, 3.63) is 0 Å². The normalized spacial score (nSPS) is 15.8. The van der Waals surface area contributed by atoms with E-state index in [1.807, 2.05) is 0 Å². The van der Waals surface area contributed by atoms with Gasteiger partial charge in [0.1, 0.15) is 0 Å². The summed E-state index contributed by atoms with van der Waals surface area (Å²) in [5.74, 6) is 0.621. The van der Waals surface area contributed by atoms with Crippen LogP contribution in [-0.4, -0.2) is 24.3 Å². The van der Waals surface area contributed by atoms with Gasteiger partial charge in [0.15, 0.2) is 0 Å². The first-order valence-electron chi connectivity index (χ1n) is 3.56. The van der Waals surface area contributed by atoms with Crippen LogP contribution in [0.5, 0.6) is 0 Å². The van der Waals surface area contributed by atoms with Crippen LogP contribution >= 0.6 is 4.90 Å². The standard InChI is InChI=1S/C7H17OP.W/c1-6(2)5-7(8)9(3)4;/h6-8H,5H2,1-4H3;. The van der Waals surface area contributed by atoms with Crippen LogP contribution in [0.4, 0.5) is 0 Å². The molecule has 0 aliphatic heterocycles. The molecule has 0 saturated carbocycles. The Hall–Kier alpha value is 1.08. The van der Waals surface area contributed by atoms with Gasteiger partial charge in [-0.15, -0.1) is 0 Å². The van der Waals surface area contributed by atoms with E-state index in [9.17, 15) is 5.11 Å². The molecule has 0 aliphatic carbocycles. The second-order valence-electron chi connectivity index (χ2n) is 3.54. The minimum atomic E-state index is -0.922. The first-order valence-corrected chi connectivity index (χ1v) is 10.2. The molecule has 62 valence electrons. The fraction of sp³-hybridized carbons (Fsp3) is 1.00. The summed E-state index contributed by atoms with van der Waals surface area (Å²) < 4.78 is 0. The van der Waals surface area contributed by atoms with E-state index in [0.717, 1.165) is 6.42 Å². The molecule has 0 amide bonds. The predicted molar refractivity (Wildman–Crippen MR) is 44.2 cm³/mol. The zero-order chi connectivity index (χ0) is 8.36. The fourth-order valence-electron chi connectivity index (χ4n) is 0.675. The van der Waals surface area contributed by atoms with Gasteiger partial charge in [-0.1, -0.05) is 0 Å². The van der Waals surface area contributed by atoms with Gasteiger partial charge in [-0.25, -0.2) is 0 Å². The third kappa shape index (κ3) is 4.83. The van der Waals surface area contributed by atoms with Crippen LogP contribution in [0.2, 0.25) is 0 Å². The third-order valence-electron chi connectivity index (χ3n) is 1.40. The van der Waals surface area contributed by atoms with Gasteiger partial charge in [0, 0.05) is 0 Å². The van der Waals surface area contributed by atoms with Crippen LogP contribution in [0.15, 0.2) is 0 Å². The Morgan fingerprint density at radius 3 is 1.90 bits per heavy atom. The first kappa shape index (κ1) is 11.1. The Labute approximate surface area is 74.3 Å². The van der Waals surface area contributed by atoms with E-state index < -0.39 is 4.90 Å². The summed E-state index contributed by atoms with van der Waals surface area (Å²) >= 11 is 1.58. The molecule has 0 fully saturated rings. The van der Waals surface area contributed by atoms with Crippen molar-refractivity contribution >= 4 is 4.90 Å². The van der Waals surface area contributed by atoms with Crippen LogP contribution in [-0.2, 0) is 18.8 Å². The maximum absolute atomic E-state index is 9.63. The molecule has 1 unspecified atom stereocenters. The van der Waals surface area contributed by atoms with Crippen molar-refractivity contribution in [1.82, 2.24) is 0 Å². The number of hydrogen-bond acceptors (Lipinski definition) is 1. The van der Waals surface area contributed by atoms with E-state index in [4.69, 9.17) is 0 Å². The van der Waals surface area contributed by atoms with Gasteiger partial charge in [0.25, 0.3) is 0 Å². The van der Waals surface area contributed by atoms with Crippen molar-refractivity contribution in [2.45, 2.75) is 26.1 Å². The Kier molecular flexibility index (Phi) is 4.64. The number of aliphatic hydroxyl groups is 1. The molecular formula is C7H17OPW. The molecule has 1 nitrogen and oxygen atoms in total.